The van der Waals surface area contributed by atoms with Crippen LogP contribution in [0.1, 0.15) is 19.3 Å². The highest BCUT2D eigenvalue weighted by atomic mass is 16.5. The molecule has 7 nitrogen and oxygen atoms in total. The van der Waals surface area contributed by atoms with E-state index >= 15 is 0 Å². The minimum atomic E-state index is -1.17. The molecule has 0 radical (unpaired) electrons. The molecule has 2 aliphatic heterocycles. The van der Waals surface area contributed by atoms with Crippen LogP contribution in [0.3, 0.4) is 0 Å². The summed E-state index contributed by atoms with van der Waals surface area (Å²) in [5.41, 5.74) is 0. The Kier molecular flexibility index (Phi) is 4.04. The Labute approximate surface area is 110 Å². The van der Waals surface area contributed by atoms with Gasteiger partial charge in [-0.2, -0.15) is 0 Å². The Bertz CT molecular complexity index is 390. The number of piperidine rings is 1. The van der Waals surface area contributed by atoms with Gasteiger partial charge in [-0.1, -0.05) is 0 Å². The number of hydrogen-bond donors (Lipinski definition) is 2. The van der Waals surface area contributed by atoms with Crippen LogP contribution in [0.4, 0.5) is 0 Å². The maximum Gasteiger partial charge on any atom is 0.309 e. The summed E-state index contributed by atoms with van der Waals surface area (Å²) in [6, 6.07) is 0. The lowest BCUT2D eigenvalue weighted by molar-refractivity contribution is -0.160. The number of carbonyl (C=O) groups excluding carboxylic acids is 1. The number of ether oxygens (including phenoxy) is 1. The van der Waals surface area contributed by atoms with Crippen molar-refractivity contribution >= 4 is 17.8 Å². The lowest BCUT2D eigenvalue weighted by Gasteiger charge is -2.35. The highest BCUT2D eigenvalue weighted by Crippen LogP contribution is 2.26. The zero-order valence-electron chi connectivity index (χ0n) is 10.4. The molecule has 0 bridgehead atoms. The van der Waals surface area contributed by atoms with E-state index in [0.717, 1.165) is 6.42 Å². The summed E-state index contributed by atoms with van der Waals surface area (Å²) in [6.07, 6.45) is 1.15. The molecule has 2 rings (SSSR count). The second-order valence-electron chi connectivity index (χ2n) is 4.96. The molecule has 3 atom stereocenters. The molecule has 0 aromatic carbocycles. The minimum Gasteiger partial charge on any atom is -0.481 e. The summed E-state index contributed by atoms with van der Waals surface area (Å²) in [5, 5.41) is 18.1. The molecule has 2 fully saturated rings. The lowest BCUT2D eigenvalue weighted by atomic mass is 9.85. The van der Waals surface area contributed by atoms with Gasteiger partial charge in [0.15, 0.2) is 0 Å². The summed E-state index contributed by atoms with van der Waals surface area (Å²) in [4.78, 5) is 35.7. The summed E-state index contributed by atoms with van der Waals surface area (Å²) in [7, 11) is 0. The third-order valence-corrected chi connectivity index (χ3v) is 3.76. The Morgan fingerprint density at radius 1 is 1.05 bits per heavy atom. The van der Waals surface area contributed by atoms with E-state index in [0.29, 0.717) is 13.0 Å². The van der Waals surface area contributed by atoms with Gasteiger partial charge in [0.2, 0.25) is 0 Å². The van der Waals surface area contributed by atoms with Crippen LogP contribution in [0.5, 0.6) is 0 Å². The van der Waals surface area contributed by atoms with Crippen LogP contribution in [0.15, 0.2) is 0 Å². The second-order valence-corrected chi connectivity index (χ2v) is 4.96. The maximum absolute atomic E-state index is 12.1. The monoisotopic (exact) mass is 271 g/mol. The van der Waals surface area contributed by atoms with E-state index in [1.807, 2.05) is 0 Å². The van der Waals surface area contributed by atoms with Crippen molar-refractivity contribution < 1.29 is 29.3 Å². The molecule has 2 unspecified atom stereocenters. The van der Waals surface area contributed by atoms with E-state index in [4.69, 9.17) is 14.9 Å². The first kappa shape index (κ1) is 13.8. The zero-order chi connectivity index (χ0) is 14.0. The third-order valence-electron chi connectivity index (χ3n) is 3.76. The Morgan fingerprint density at radius 3 is 2.26 bits per heavy atom. The number of aliphatic carboxylic acids is 2. The van der Waals surface area contributed by atoms with Gasteiger partial charge in [-0.05, 0) is 19.3 Å². The molecule has 2 N–H and O–H groups in total. The highest BCUT2D eigenvalue weighted by molar-refractivity contribution is 5.84. The predicted octanol–water partition coefficient (Wildman–Crippen LogP) is -0.201. The molecule has 2 saturated heterocycles. The van der Waals surface area contributed by atoms with Gasteiger partial charge in [0, 0.05) is 19.7 Å². The summed E-state index contributed by atoms with van der Waals surface area (Å²) >= 11 is 0. The molecular formula is C12H17NO6. The van der Waals surface area contributed by atoms with Gasteiger partial charge < -0.3 is 19.8 Å². The molecule has 0 aliphatic carbocycles. The SMILES string of the molecule is O=C(O)C1CCN(C(=O)[C@@H]2CCCO2)CC1C(=O)O. The number of nitrogens with zero attached hydrogens (tertiary/aromatic N) is 1. The quantitative estimate of drug-likeness (QED) is 0.736. The van der Waals surface area contributed by atoms with Crippen LogP contribution in [0.25, 0.3) is 0 Å². The van der Waals surface area contributed by atoms with Gasteiger partial charge in [0.25, 0.3) is 5.91 Å². The van der Waals surface area contributed by atoms with Crippen LogP contribution < -0.4 is 0 Å². The van der Waals surface area contributed by atoms with Gasteiger partial charge in [-0.15, -0.1) is 0 Å². The Morgan fingerprint density at radius 2 is 1.74 bits per heavy atom. The zero-order valence-corrected chi connectivity index (χ0v) is 10.4. The first-order chi connectivity index (χ1) is 9.00. The van der Waals surface area contributed by atoms with Crippen LogP contribution in [-0.2, 0) is 19.1 Å². The molecule has 0 aromatic heterocycles. The van der Waals surface area contributed by atoms with Crippen LogP contribution >= 0.6 is 0 Å². The smallest absolute Gasteiger partial charge is 0.309 e. The van der Waals surface area contributed by atoms with Gasteiger partial charge in [-0.3, -0.25) is 14.4 Å². The number of hydrogen-bond acceptors (Lipinski definition) is 4. The summed E-state index contributed by atoms with van der Waals surface area (Å²) in [6.45, 7) is 0.773. The van der Waals surface area contributed by atoms with Crippen molar-refractivity contribution in [2.24, 2.45) is 11.8 Å². The van der Waals surface area contributed by atoms with E-state index in [-0.39, 0.29) is 25.4 Å². The van der Waals surface area contributed by atoms with Gasteiger partial charge >= 0.3 is 11.9 Å². The molecule has 7 heteroatoms. The molecule has 1 amide bonds. The van der Waals surface area contributed by atoms with Crippen molar-refractivity contribution in [2.75, 3.05) is 19.7 Å². The van der Waals surface area contributed by atoms with E-state index in [2.05, 4.69) is 0 Å². The van der Waals surface area contributed by atoms with Crippen molar-refractivity contribution in [2.45, 2.75) is 25.4 Å². The number of carboxylic acids is 2. The van der Waals surface area contributed by atoms with Crippen molar-refractivity contribution in [3.8, 4) is 0 Å². The molecule has 0 saturated carbocycles. The van der Waals surface area contributed by atoms with Gasteiger partial charge in [0.1, 0.15) is 6.10 Å². The van der Waals surface area contributed by atoms with Crippen LogP contribution in [-0.4, -0.2) is 58.8 Å². The predicted molar refractivity (Wildman–Crippen MR) is 62.4 cm³/mol. The van der Waals surface area contributed by atoms with E-state index in [1.165, 1.54) is 4.90 Å². The fourth-order valence-electron chi connectivity index (χ4n) is 2.67. The maximum atomic E-state index is 12.1. The number of likely N-dealkylation sites (tertiary alicyclic amines) is 1. The highest BCUT2D eigenvalue weighted by Gasteiger charge is 2.41. The van der Waals surface area contributed by atoms with E-state index < -0.39 is 29.9 Å². The second kappa shape index (κ2) is 5.56. The average Bonchev–Trinajstić information content (AvgIpc) is 2.90. The summed E-state index contributed by atoms with van der Waals surface area (Å²) < 4.78 is 5.28. The topological polar surface area (TPSA) is 104 Å². The molecule has 19 heavy (non-hydrogen) atoms. The van der Waals surface area contributed by atoms with Gasteiger partial charge in [0.05, 0.1) is 11.8 Å². The fraction of sp³-hybridized carbons (Fsp3) is 0.750. The molecular weight excluding hydrogens is 254 g/mol. The molecule has 106 valence electrons. The van der Waals surface area contributed by atoms with Crippen molar-refractivity contribution in [1.29, 1.82) is 0 Å². The normalized spacial score (nSPS) is 31.2. The van der Waals surface area contributed by atoms with E-state index in [9.17, 15) is 14.4 Å². The minimum absolute atomic E-state index is 0.0506. The third kappa shape index (κ3) is 2.86. The number of amides is 1. The van der Waals surface area contributed by atoms with Crippen LogP contribution in [0, 0.1) is 11.8 Å². The molecule has 2 aliphatic rings. The first-order valence-corrected chi connectivity index (χ1v) is 6.36. The lowest BCUT2D eigenvalue weighted by Crippen LogP contribution is -2.51. The fourth-order valence-corrected chi connectivity index (χ4v) is 2.67. The molecule has 0 aromatic rings. The number of carbonyl (C=O) groups is 3. The van der Waals surface area contributed by atoms with Crippen molar-refractivity contribution in [3.05, 3.63) is 0 Å². The number of rotatable bonds is 3. The Hall–Kier alpha value is -1.63. The summed E-state index contributed by atoms with van der Waals surface area (Å²) in [5.74, 6) is -4.47. The van der Waals surface area contributed by atoms with Crippen molar-refractivity contribution in [3.63, 3.8) is 0 Å². The van der Waals surface area contributed by atoms with Crippen molar-refractivity contribution in [1.82, 2.24) is 4.90 Å². The Balaban J connectivity index is 2.03. The van der Waals surface area contributed by atoms with Gasteiger partial charge in [-0.25, -0.2) is 0 Å². The first-order valence-electron chi connectivity index (χ1n) is 6.36. The number of carboxylic acid groups (broad SMARTS) is 2. The molecule has 2 heterocycles. The van der Waals surface area contributed by atoms with E-state index in [1.54, 1.807) is 0 Å². The average molecular weight is 271 g/mol. The van der Waals surface area contributed by atoms with Crippen LogP contribution in [0.2, 0.25) is 0 Å². The molecule has 0 spiro atoms. The standard InChI is InChI=1S/C12H17NO6/c14-10(9-2-1-5-19-9)13-4-3-7(11(15)16)8(6-13)12(17)18/h7-9H,1-6H2,(H,15,16)(H,17,18)/t7?,8?,9-/m0/s1. The largest absolute Gasteiger partial charge is 0.481 e.